The molecule has 4 rings (SSSR count). The van der Waals surface area contributed by atoms with Gasteiger partial charge in [-0.15, -0.1) is 5.10 Å². The van der Waals surface area contributed by atoms with E-state index >= 15 is 0 Å². The summed E-state index contributed by atoms with van der Waals surface area (Å²) in [6, 6.07) is 5.67. The van der Waals surface area contributed by atoms with E-state index in [0.717, 1.165) is 42.9 Å². The molecule has 1 aromatic heterocycles. The average Bonchev–Trinajstić information content (AvgIpc) is 3.17. The number of tetrazole rings is 1. The molecule has 0 spiro atoms. The largest absolute Gasteiger partial charge is 0.454 e. The molecule has 120 valence electrons. The van der Waals surface area contributed by atoms with Gasteiger partial charge in [0.05, 0.1) is 5.92 Å². The predicted molar refractivity (Wildman–Crippen MR) is 78.8 cm³/mol. The number of rotatable bonds is 3. The van der Waals surface area contributed by atoms with Crippen molar-refractivity contribution in [3.63, 3.8) is 0 Å². The highest BCUT2D eigenvalue weighted by Gasteiger charge is 2.28. The van der Waals surface area contributed by atoms with E-state index in [9.17, 15) is 4.79 Å². The number of aryl methyl sites for hydroxylation is 1. The number of fused-ring (bicyclic) bond motifs is 2. The molecule has 0 radical (unpaired) electrons. The minimum absolute atomic E-state index is 0.0411. The van der Waals surface area contributed by atoms with Crippen LogP contribution in [0.2, 0.25) is 0 Å². The van der Waals surface area contributed by atoms with Crippen LogP contribution in [0.4, 0.5) is 0 Å². The lowest BCUT2D eigenvalue weighted by atomic mass is 10.0. The minimum Gasteiger partial charge on any atom is -0.454 e. The summed E-state index contributed by atoms with van der Waals surface area (Å²) in [5.41, 5.74) is 0.968. The van der Waals surface area contributed by atoms with Crippen LogP contribution in [0, 0.1) is 0 Å². The highest BCUT2D eigenvalue weighted by Crippen LogP contribution is 2.32. The summed E-state index contributed by atoms with van der Waals surface area (Å²) in [7, 11) is 0. The monoisotopic (exact) mass is 315 g/mol. The fourth-order valence-electron chi connectivity index (χ4n) is 2.97. The van der Waals surface area contributed by atoms with E-state index in [1.165, 1.54) is 0 Å². The zero-order chi connectivity index (χ0) is 15.6. The molecule has 2 aliphatic heterocycles. The fraction of sp³-hybridized carbons (Fsp3) is 0.467. The van der Waals surface area contributed by atoms with Crippen molar-refractivity contribution in [2.75, 3.05) is 6.79 Å². The summed E-state index contributed by atoms with van der Waals surface area (Å²) in [6.45, 7) is 1.46. The van der Waals surface area contributed by atoms with Crippen LogP contribution in [-0.2, 0) is 17.9 Å². The first-order valence-electron chi connectivity index (χ1n) is 7.73. The average molecular weight is 315 g/mol. The van der Waals surface area contributed by atoms with Gasteiger partial charge in [0.1, 0.15) is 0 Å². The molecular weight excluding hydrogens is 298 g/mol. The summed E-state index contributed by atoms with van der Waals surface area (Å²) in [4.78, 5) is 12.5. The molecule has 0 aliphatic carbocycles. The standard InChI is InChI=1S/C15H17N5O3/c21-15(11-3-1-2-6-20-14(11)17-18-19-20)16-8-10-4-5-12-13(7-10)23-9-22-12/h4-5,7,11H,1-3,6,8-9H2,(H,16,21)/t11-/m1/s1. The first kappa shape index (κ1) is 14.0. The number of ether oxygens (including phenoxy) is 2. The normalized spacial score (nSPS) is 19.0. The van der Waals surface area contributed by atoms with Gasteiger partial charge in [0, 0.05) is 13.1 Å². The Kier molecular flexibility index (Phi) is 3.57. The Morgan fingerprint density at radius 2 is 2.22 bits per heavy atom. The first-order valence-corrected chi connectivity index (χ1v) is 7.73. The molecule has 0 saturated heterocycles. The third kappa shape index (κ3) is 2.71. The molecule has 23 heavy (non-hydrogen) atoms. The number of amides is 1. The van der Waals surface area contributed by atoms with Gasteiger partial charge in [-0.05, 0) is 41.0 Å². The number of hydrogen-bond acceptors (Lipinski definition) is 6. The molecule has 3 heterocycles. The van der Waals surface area contributed by atoms with Gasteiger partial charge in [-0.25, -0.2) is 4.68 Å². The van der Waals surface area contributed by atoms with E-state index < -0.39 is 0 Å². The molecule has 0 unspecified atom stereocenters. The molecule has 0 bridgehead atoms. The van der Waals surface area contributed by atoms with E-state index in [-0.39, 0.29) is 18.6 Å². The van der Waals surface area contributed by atoms with E-state index in [1.54, 1.807) is 4.68 Å². The van der Waals surface area contributed by atoms with Crippen molar-refractivity contribution >= 4 is 5.91 Å². The van der Waals surface area contributed by atoms with Gasteiger partial charge < -0.3 is 14.8 Å². The second-order valence-corrected chi connectivity index (χ2v) is 5.71. The van der Waals surface area contributed by atoms with E-state index in [1.807, 2.05) is 18.2 Å². The molecule has 2 aromatic rings. The summed E-state index contributed by atoms with van der Waals surface area (Å²) in [6.07, 6.45) is 2.74. The predicted octanol–water partition coefficient (Wildman–Crippen LogP) is 0.986. The van der Waals surface area contributed by atoms with Gasteiger partial charge in [-0.2, -0.15) is 0 Å². The number of aromatic nitrogens is 4. The number of nitrogens with one attached hydrogen (secondary N) is 1. The van der Waals surface area contributed by atoms with Gasteiger partial charge >= 0.3 is 0 Å². The van der Waals surface area contributed by atoms with Gasteiger partial charge in [-0.3, -0.25) is 4.79 Å². The van der Waals surface area contributed by atoms with E-state index in [4.69, 9.17) is 9.47 Å². The van der Waals surface area contributed by atoms with Gasteiger partial charge in [0.2, 0.25) is 12.7 Å². The van der Waals surface area contributed by atoms with Crippen molar-refractivity contribution in [3.8, 4) is 11.5 Å². The molecule has 2 aliphatic rings. The van der Waals surface area contributed by atoms with E-state index in [0.29, 0.717) is 12.4 Å². The van der Waals surface area contributed by atoms with Crippen LogP contribution in [0.15, 0.2) is 18.2 Å². The Bertz CT molecular complexity index is 730. The quantitative estimate of drug-likeness (QED) is 0.908. The maximum atomic E-state index is 12.5. The molecule has 8 nitrogen and oxygen atoms in total. The smallest absolute Gasteiger partial charge is 0.231 e. The lowest BCUT2D eigenvalue weighted by Gasteiger charge is -2.13. The van der Waals surface area contributed by atoms with Crippen LogP contribution in [0.5, 0.6) is 11.5 Å². The maximum absolute atomic E-state index is 12.5. The summed E-state index contributed by atoms with van der Waals surface area (Å²) < 4.78 is 12.4. The molecule has 0 saturated carbocycles. The van der Waals surface area contributed by atoms with E-state index in [2.05, 4.69) is 20.8 Å². The molecule has 1 N–H and O–H groups in total. The zero-order valence-electron chi connectivity index (χ0n) is 12.6. The molecular formula is C15H17N5O3. The van der Waals surface area contributed by atoms with Crippen molar-refractivity contribution in [2.24, 2.45) is 0 Å². The lowest BCUT2D eigenvalue weighted by Crippen LogP contribution is -2.30. The third-order valence-electron chi connectivity index (χ3n) is 4.20. The Hall–Kier alpha value is -2.64. The topological polar surface area (TPSA) is 91.2 Å². The SMILES string of the molecule is O=C(NCc1ccc2c(c1)OCO2)[C@@H]1CCCCn2nnnc21. The number of carbonyl (C=O) groups is 1. The first-order chi connectivity index (χ1) is 11.3. The Morgan fingerprint density at radius 3 is 3.17 bits per heavy atom. The molecule has 8 heteroatoms. The molecule has 1 atom stereocenters. The van der Waals surface area contributed by atoms with Crippen LogP contribution in [0.3, 0.4) is 0 Å². The Morgan fingerprint density at radius 1 is 1.30 bits per heavy atom. The number of hydrogen-bond donors (Lipinski definition) is 1. The van der Waals surface area contributed by atoms with Gasteiger partial charge in [0.15, 0.2) is 17.3 Å². The van der Waals surface area contributed by atoms with Crippen molar-refractivity contribution in [3.05, 3.63) is 29.6 Å². The highest BCUT2D eigenvalue weighted by atomic mass is 16.7. The van der Waals surface area contributed by atoms with Crippen molar-refractivity contribution in [1.29, 1.82) is 0 Å². The van der Waals surface area contributed by atoms with Crippen LogP contribution in [0.1, 0.15) is 36.6 Å². The van der Waals surface area contributed by atoms with Crippen LogP contribution < -0.4 is 14.8 Å². The third-order valence-corrected chi connectivity index (χ3v) is 4.20. The van der Waals surface area contributed by atoms with Crippen molar-refractivity contribution in [2.45, 2.75) is 38.3 Å². The minimum atomic E-state index is -0.290. The molecule has 1 amide bonds. The molecule has 1 aromatic carbocycles. The lowest BCUT2D eigenvalue weighted by molar-refractivity contribution is -0.123. The van der Waals surface area contributed by atoms with Crippen LogP contribution >= 0.6 is 0 Å². The summed E-state index contributed by atoms with van der Waals surface area (Å²) in [5, 5.41) is 14.6. The molecule has 0 fully saturated rings. The second-order valence-electron chi connectivity index (χ2n) is 5.71. The summed E-state index contributed by atoms with van der Waals surface area (Å²) in [5.74, 6) is 1.78. The van der Waals surface area contributed by atoms with Gasteiger partial charge in [-0.1, -0.05) is 12.5 Å². The maximum Gasteiger partial charge on any atom is 0.231 e. The number of nitrogens with zero attached hydrogens (tertiary/aromatic N) is 4. The van der Waals surface area contributed by atoms with Crippen molar-refractivity contribution in [1.82, 2.24) is 25.5 Å². The highest BCUT2D eigenvalue weighted by molar-refractivity contribution is 5.82. The van der Waals surface area contributed by atoms with Crippen LogP contribution in [0.25, 0.3) is 0 Å². The second kappa shape index (κ2) is 5.86. The summed E-state index contributed by atoms with van der Waals surface area (Å²) >= 11 is 0. The Labute approximate surface area is 132 Å². The number of carbonyl (C=O) groups excluding carboxylic acids is 1. The fourth-order valence-corrected chi connectivity index (χ4v) is 2.97. The zero-order valence-corrected chi connectivity index (χ0v) is 12.6. The van der Waals surface area contributed by atoms with Crippen molar-refractivity contribution < 1.29 is 14.3 Å². The Balaban J connectivity index is 1.44. The van der Waals surface area contributed by atoms with Gasteiger partial charge in [0.25, 0.3) is 0 Å². The van der Waals surface area contributed by atoms with Crippen LogP contribution in [-0.4, -0.2) is 32.9 Å². The number of benzene rings is 1.